The predicted octanol–water partition coefficient (Wildman–Crippen LogP) is 1.81. The highest BCUT2D eigenvalue weighted by atomic mass is 35.5. The minimum atomic E-state index is -3.37. The van der Waals surface area contributed by atoms with Crippen molar-refractivity contribution in [1.82, 2.24) is 24.6 Å². The standard InChI is InChI=1S/C16H18ClN5O3S/c1-21(2)6-7-25-14-8-11(26(3,23)24)4-5-13(14)22-16-12(9-20-22)15(17)18-10-19-16/h4-5,8-10H,6-7H2,1-3H3. The zero-order valence-corrected chi connectivity index (χ0v) is 16.1. The van der Waals surface area contributed by atoms with E-state index in [-0.39, 0.29) is 4.90 Å². The van der Waals surface area contributed by atoms with Crippen LogP contribution in [0.2, 0.25) is 5.15 Å². The zero-order chi connectivity index (χ0) is 18.9. The fourth-order valence-electron chi connectivity index (χ4n) is 2.35. The molecule has 8 nitrogen and oxygen atoms in total. The Morgan fingerprint density at radius 2 is 2.04 bits per heavy atom. The van der Waals surface area contributed by atoms with E-state index in [9.17, 15) is 8.42 Å². The van der Waals surface area contributed by atoms with E-state index in [4.69, 9.17) is 16.3 Å². The van der Waals surface area contributed by atoms with Gasteiger partial charge in [-0.1, -0.05) is 11.6 Å². The third-order valence-corrected chi connectivity index (χ3v) is 5.11. The molecule has 0 spiro atoms. The summed E-state index contributed by atoms with van der Waals surface area (Å²) in [6.45, 7) is 1.07. The molecule has 0 unspecified atom stereocenters. The lowest BCUT2D eigenvalue weighted by Gasteiger charge is -2.15. The summed E-state index contributed by atoms with van der Waals surface area (Å²) in [5.41, 5.74) is 1.08. The minimum absolute atomic E-state index is 0.172. The number of ether oxygens (including phenoxy) is 1. The SMILES string of the molecule is CN(C)CCOc1cc(S(C)(=O)=O)ccc1-n1ncc2c(Cl)ncnc21. The predicted molar refractivity (Wildman–Crippen MR) is 98.8 cm³/mol. The molecule has 3 rings (SSSR count). The van der Waals surface area contributed by atoms with Crippen LogP contribution in [0.3, 0.4) is 0 Å². The van der Waals surface area contributed by atoms with Gasteiger partial charge in [-0.3, -0.25) is 0 Å². The third-order valence-electron chi connectivity index (χ3n) is 3.70. The quantitative estimate of drug-likeness (QED) is 0.588. The molecule has 2 aromatic heterocycles. The van der Waals surface area contributed by atoms with Gasteiger partial charge in [0.15, 0.2) is 15.5 Å². The lowest BCUT2D eigenvalue weighted by Crippen LogP contribution is -2.20. The number of sulfone groups is 1. The zero-order valence-electron chi connectivity index (χ0n) is 14.5. The second-order valence-electron chi connectivity index (χ2n) is 6.01. The van der Waals surface area contributed by atoms with Crippen molar-refractivity contribution < 1.29 is 13.2 Å². The summed E-state index contributed by atoms with van der Waals surface area (Å²) in [6, 6.07) is 4.65. The summed E-state index contributed by atoms with van der Waals surface area (Å²) < 4.78 is 31.2. The molecule has 0 radical (unpaired) electrons. The van der Waals surface area contributed by atoms with Crippen LogP contribution in [0.4, 0.5) is 0 Å². The van der Waals surface area contributed by atoms with Crippen molar-refractivity contribution >= 4 is 32.5 Å². The van der Waals surface area contributed by atoms with Crippen molar-refractivity contribution in [3.8, 4) is 11.4 Å². The maximum absolute atomic E-state index is 11.9. The van der Waals surface area contributed by atoms with E-state index in [2.05, 4.69) is 15.1 Å². The number of likely N-dealkylation sites (N-methyl/N-ethyl adjacent to an activating group) is 1. The minimum Gasteiger partial charge on any atom is -0.490 e. The van der Waals surface area contributed by atoms with E-state index in [1.165, 1.54) is 18.5 Å². The van der Waals surface area contributed by atoms with Crippen LogP contribution in [0.1, 0.15) is 0 Å². The number of fused-ring (bicyclic) bond motifs is 1. The van der Waals surface area contributed by atoms with Crippen LogP contribution in [-0.4, -0.2) is 66.6 Å². The molecular weight excluding hydrogens is 378 g/mol. The van der Waals surface area contributed by atoms with Gasteiger partial charge in [-0.25, -0.2) is 23.1 Å². The number of hydrogen-bond donors (Lipinski definition) is 0. The average molecular weight is 396 g/mol. The molecule has 0 bridgehead atoms. The highest BCUT2D eigenvalue weighted by molar-refractivity contribution is 7.90. The van der Waals surface area contributed by atoms with Crippen molar-refractivity contribution in [2.45, 2.75) is 4.90 Å². The summed E-state index contributed by atoms with van der Waals surface area (Å²) in [7, 11) is 0.487. The molecule has 2 heterocycles. The molecule has 0 N–H and O–H groups in total. The Bertz CT molecular complexity index is 1050. The molecule has 138 valence electrons. The van der Waals surface area contributed by atoms with Crippen LogP contribution in [-0.2, 0) is 9.84 Å². The largest absolute Gasteiger partial charge is 0.490 e. The van der Waals surface area contributed by atoms with Gasteiger partial charge in [0.2, 0.25) is 0 Å². The van der Waals surface area contributed by atoms with Crippen LogP contribution < -0.4 is 4.74 Å². The van der Waals surface area contributed by atoms with Gasteiger partial charge < -0.3 is 9.64 Å². The molecule has 0 aliphatic rings. The molecule has 0 saturated carbocycles. The van der Waals surface area contributed by atoms with E-state index in [0.29, 0.717) is 40.8 Å². The molecule has 0 amide bonds. The number of hydrogen-bond acceptors (Lipinski definition) is 7. The number of aromatic nitrogens is 4. The molecule has 3 aromatic rings. The molecule has 0 saturated heterocycles. The Hall–Kier alpha value is -2.23. The van der Waals surface area contributed by atoms with Crippen molar-refractivity contribution in [2.75, 3.05) is 33.5 Å². The molecule has 0 atom stereocenters. The van der Waals surface area contributed by atoms with Gasteiger partial charge in [-0.05, 0) is 26.2 Å². The van der Waals surface area contributed by atoms with E-state index in [1.807, 2.05) is 19.0 Å². The first-order valence-corrected chi connectivity index (χ1v) is 10.0. The van der Waals surface area contributed by atoms with Gasteiger partial charge in [-0.15, -0.1) is 0 Å². The van der Waals surface area contributed by atoms with Gasteiger partial charge in [0.1, 0.15) is 29.5 Å². The van der Waals surface area contributed by atoms with Crippen LogP contribution in [0.5, 0.6) is 5.75 Å². The summed E-state index contributed by atoms with van der Waals surface area (Å²) in [5.74, 6) is 0.398. The van der Waals surface area contributed by atoms with E-state index >= 15 is 0 Å². The first-order valence-electron chi connectivity index (χ1n) is 7.73. The van der Waals surface area contributed by atoms with Gasteiger partial charge in [0.25, 0.3) is 0 Å². The lowest BCUT2D eigenvalue weighted by atomic mass is 10.3. The number of benzene rings is 1. The molecular formula is C16H18ClN5O3S. The van der Waals surface area contributed by atoms with E-state index < -0.39 is 9.84 Å². The van der Waals surface area contributed by atoms with Gasteiger partial charge in [0.05, 0.1) is 16.5 Å². The van der Waals surface area contributed by atoms with Crippen LogP contribution in [0, 0.1) is 0 Å². The van der Waals surface area contributed by atoms with Gasteiger partial charge in [0, 0.05) is 18.9 Å². The van der Waals surface area contributed by atoms with Crippen molar-refractivity contribution in [3.63, 3.8) is 0 Å². The fraction of sp³-hybridized carbons (Fsp3) is 0.312. The second-order valence-corrected chi connectivity index (χ2v) is 8.39. The Morgan fingerprint density at radius 3 is 2.73 bits per heavy atom. The van der Waals surface area contributed by atoms with Crippen LogP contribution >= 0.6 is 11.6 Å². The molecule has 10 heteroatoms. The summed E-state index contributed by atoms with van der Waals surface area (Å²) in [6.07, 6.45) is 4.06. The third kappa shape index (κ3) is 3.79. The maximum Gasteiger partial charge on any atom is 0.175 e. The topological polar surface area (TPSA) is 90.2 Å². The molecule has 0 aliphatic heterocycles. The fourth-order valence-corrected chi connectivity index (χ4v) is 3.16. The number of nitrogens with zero attached hydrogens (tertiary/aromatic N) is 5. The normalized spacial score (nSPS) is 12.0. The van der Waals surface area contributed by atoms with E-state index in [0.717, 1.165) is 6.26 Å². The Kier molecular flexibility index (Phi) is 5.12. The number of halogens is 1. The Labute approximate surface area is 156 Å². The highest BCUT2D eigenvalue weighted by Crippen LogP contribution is 2.29. The average Bonchev–Trinajstić information content (AvgIpc) is 2.99. The van der Waals surface area contributed by atoms with Gasteiger partial charge in [-0.2, -0.15) is 5.10 Å². The van der Waals surface area contributed by atoms with Crippen LogP contribution in [0.25, 0.3) is 16.7 Å². The maximum atomic E-state index is 11.9. The smallest absolute Gasteiger partial charge is 0.175 e. The molecule has 0 fully saturated rings. The lowest BCUT2D eigenvalue weighted by molar-refractivity contribution is 0.260. The first kappa shape index (κ1) is 18.6. The molecule has 26 heavy (non-hydrogen) atoms. The van der Waals surface area contributed by atoms with Crippen LogP contribution in [0.15, 0.2) is 35.6 Å². The summed E-state index contributed by atoms with van der Waals surface area (Å²) >= 11 is 6.08. The first-order chi connectivity index (χ1) is 12.3. The van der Waals surface area contributed by atoms with Crippen molar-refractivity contribution in [2.24, 2.45) is 0 Å². The second kappa shape index (κ2) is 7.18. The van der Waals surface area contributed by atoms with E-state index in [1.54, 1.807) is 16.9 Å². The Morgan fingerprint density at radius 1 is 1.27 bits per heavy atom. The van der Waals surface area contributed by atoms with Crippen molar-refractivity contribution in [3.05, 3.63) is 35.9 Å². The summed E-state index contributed by atoms with van der Waals surface area (Å²) in [5, 5.41) is 5.21. The Balaban J connectivity index is 2.11. The number of rotatable bonds is 6. The monoisotopic (exact) mass is 395 g/mol. The van der Waals surface area contributed by atoms with Gasteiger partial charge >= 0.3 is 0 Å². The molecule has 0 aliphatic carbocycles. The highest BCUT2D eigenvalue weighted by Gasteiger charge is 2.17. The van der Waals surface area contributed by atoms with Crippen molar-refractivity contribution in [1.29, 1.82) is 0 Å². The summed E-state index contributed by atoms with van der Waals surface area (Å²) in [4.78, 5) is 10.3. The molecule has 1 aromatic carbocycles.